The summed E-state index contributed by atoms with van der Waals surface area (Å²) >= 11 is 0. The van der Waals surface area contributed by atoms with Crippen molar-refractivity contribution in [2.75, 3.05) is 7.11 Å². The summed E-state index contributed by atoms with van der Waals surface area (Å²) in [6.07, 6.45) is 2.45. The smallest absolute Gasteiger partial charge is 0.373 e. The summed E-state index contributed by atoms with van der Waals surface area (Å²) < 4.78 is 16.1. The van der Waals surface area contributed by atoms with Crippen LogP contribution in [0.4, 0.5) is 4.79 Å². The number of hydrogen-bond acceptors (Lipinski definition) is 6. The molecule has 0 aliphatic carbocycles. The molecule has 1 N–H and O–H groups in total. The number of fused-ring (bicyclic) bond motifs is 1. The summed E-state index contributed by atoms with van der Waals surface area (Å²) in [6.45, 7) is 3.88. The van der Waals surface area contributed by atoms with Crippen LogP contribution >= 0.6 is 0 Å². The number of ether oxygens (including phenoxy) is 2. The first-order chi connectivity index (χ1) is 15.9. The average Bonchev–Trinajstić information content (AvgIpc) is 3.40. The Morgan fingerprint density at radius 2 is 1.94 bits per heavy atom. The summed E-state index contributed by atoms with van der Waals surface area (Å²) in [6, 6.07) is 14.0. The predicted molar refractivity (Wildman–Crippen MR) is 121 cm³/mol. The molecule has 2 aromatic carbocycles. The lowest BCUT2D eigenvalue weighted by Crippen LogP contribution is -2.30. The fourth-order valence-corrected chi connectivity index (χ4v) is 3.52. The third kappa shape index (κ3) is 4.45. The number of imide groups is 1. The van der Waals surface area contributed by atoms with E-state index in [0.29, 0.717) is 11.3 Å². The Hall–Kier alpha value is -4.07. The van der Waals surface area contributed by atoms with Gasteiger partial charge in [0.15, 0.2) is 0 Å². The molecule has 33 heavy (non-hydrogen) atoms. The molecule has 0 radical (unpaired) electrons. The molecule has 1 fully saturated rings. The van der Waals surface area contributed by atoms with Crippen molar-refractivity contribution in [1.82, 2.24) is 10.2 Å². The number of carbonyl (C=O) groups is 3. The quantitative estimate of drug-likeness (QED) is 0.325. The molecule has 1 saturated heterocycles. The van der Waals surface area contributed by atoms with E-state index in [1.165, 1.54) is 19.2 Å². The number of amides is 3. The van der Waals surface area contributed by atoms with Crippen LogP contribution in [0, 0.1) is 0 Å². The number of hydrogen-bond donors (Lipinski definition) is 1. The topological polar surface area (TPSA) is 98.1 Å². The van der Waals surface area contributed by atoms with Crippen LogP contribution in [0.25, 0.3) is 16.8 Å². The van der Waals surface area contributed by atoms with Crippen LogP contribution in [0.1, 0.15) is 42.1 Å². The van der Waals surface area contributed by atoms with Gasteiger partial charge in [0.05, 0.1) is 19.8 Å². The Bertz CT molecular complexity index is 1260. The van der Waals surface area contributed by atoms with Gasteiger partial charge in [0.25, 0.3) is 5.91 Å². The predicted octanol–water partition coefficient (Wildman–Crippen LogP) is 4.49. The molecule has 0 unspecified atom stereocenters. The number of nitrogens with one attached hydrogen (secondary N) is 1. The Balaban J connectivity index is 1.66. The molecule has 1 aliphatic heterocycles. The highest BCUT2D eigenvalue weighted by Gasteiger charge is 2.34. The summed E-state index contributed by atoms with van der Waals surface area (Å²) in [5.41, 5.74) is 0.843. The van der Waals surface area contributed by atoms with Gasteiger partial charge < -0.3 is 19.2 Å². The van der Waals surface area contributed by atoms with Crippen LogP contribution in [0.2, 0.25) is 0 Å². The van der Waals surface area contributed by atoms with Crippen LogP contribution < -0.4 is 10.1 Å². The maximum absolute atomic E-state index is 13.0. The normalized spacial score (nSPS) is 15.7. The molecule has 8 heteroatoms. The second kappa shape index (κ2) is 9.20. The highest BCUT2D eigenvalue weighted by Crippen LogP contribution is 2.32. The number of nitrogens with zero attached hydrogens (tertiary/aromatic N) is 1. The summed E-state index contributed by atoms with van der Waals surface area (Å²) in [5, 5.41) is 4.52. The van der Waals surface area contributed by atoms with Gasteiger partial charge in [-0.3, -0.25) is 9.69 Å². The first-order valence-electron chi connectivity index (χ1n) is 10.6. The van der Waals surface area contributed by atoms with Crippen LogP contribution in [-0.4, -0.2) is 36.0 Å². The van der Waals surface area contributed by atoms with Crippen molar-refractivity contribution in [2.45, 2.75) is 32.9 Å². The van der Waals surface area contributed by atoms with E-state index in [1.807, 2.05) is 50.2 Å². The van der Waals surface area contributed by atoms with Gasteiger partial charge >= 0.3 is 12.0 Å². The number of urea groups is 1. The zero-order chi connectivity index (χ0) is 23.5. The molecule has 1 atom stereocenters. The molecule has 0 saturated carbocycles. The van der Waals surface area contributed by atoms with Gasteiger partial charge in [0, 0.05) is 5.56 Å². The lowest BCUT2D eigenvalue weighted by Gasteiger charge is -2.16. The zero-order valence-electron chi connectivity index (χ0n) is 18.6. The maximum Gasteiger partial charge on any atom is 0.373 e. The van der Waals surface area contributed by atoms with E-state index in [4.69, 9.17) is 9.15 Å². The van der Waals surface area contributed by atoms with Gasteiger partial charge in [0.1, 0.15) is 17.2 Å². The second-order valence-corrected chi connectivity index (χ2v) is 7.67. The van der Waals surface area contributed by atoms with E-state index in [0.717, 1.165) is 22.1 Å². The SMILES string of the molecule is CC[C@@H](C)Oc1ccc2ccccc2c1/C=C1\NC(=O)N(Cc2ccc(C(=O)OC)o2)C1=O. The van der Waals surface area contributed by atoms with E-state index in [9.17, 15) is 14.4 Å². The largest absolute Gasteiger partial charge is 0.490 e. The number of rotatable bonds is 7. The van der Waals surface area contributed by atoms with Gasteiger partial charge in [-0.05, 0) is 48.4 Å². The molecule has 3 amide bonds. The molecule has 0 spiro atoms. The second-order valence-electron chi connectivity index (χ2n) is 7.67. The van der Waals surface area contributed by atoms with Crippen molar-refractivity contribution < 1.29 is 28.3 Å². The van der Waals surface area contributed by atoms with Crippen molar-refractivity contribution >= 4 is 34.8 Å². The lowest BCUT2D eigenvalue weighted by atomic mass is 10.0. The standard InChI is InChI=1S/C25H24N2O6/c1-4-15(2)32-21-11-9-16-7-5-6-8-18(16)19(21)13-20-23(28)27(25(30)26-20)14-17-10-12-22(33-17)24(29)31-3/h5-13,15H,4,14H2,1-3H3,(H,26,30)/b20-13-/t15-/m1/s1. The minimum Gasteiger partial charge on any atom is -0.490 e. The first kappa shape index (κ1) is 22.1. The molecule has 2 heterocycles. The number of carbonyl (C=O) groups excluding carboxylic acids is 3. The van der Waals surface area contributed by atoms with Crippen molar-refractivity contribution in [3.05, 3.63) is 71.3 Å². The van der Waals surface area contributed by atoms with Crippen LogP contribution in [-0.2, 0) is 16.1 Å². The number of furan rings is 1. The summed E-state index contributed by atoms with van der Waals surface area (Å²) in [4.78, 5) is 38.2. The van der Waals surface area contributed by atoms with E-state index < -0.39 is 17.9 Å². The van der Waals surface area contributed by atoms with Crippen molar-refractivity contribution in [2.24, 2.45) is 0 Å². The Morgan fingerprint density at radius 3 is 2.70 bits per heavy atom. The number of esters is 1. The minimum atomic E-state index is -0.635. The maximum atomic E-state index is 13.0. The molecular formula is C25H24N2O6. The number of benzene rings is 2. The Kier molecular flexibility index (Phi) is 6.17. The van der Waals surface area contributed by atoms with Crippen LogP contribution in [0.15, 0.2) is 58.6 Å². The van der Waals surface area contributed by atoms with Crippen LogP contribution in [0.3, 0.4) is 0 Å². The monoisotopic (exact) mass is 448 g/mol. The summed E-state index contributed by atoms with van der Waals surface area (Å²) in [5.74, 6) is -0.226. The third-order valence-electron chi connectivity index (χ3n) is 5.45. The van der Waals surface area contributed by atoms with E-state index in [2.05, 4.69) is 10.1 Å². The van der Waals surface area contributed by atoms with E-state index in [1.54, 1.807) is 6.08 Å². The number of methoxy groups -OCH3 is 1. The molecule has 170 valence electrons. The third-order valence-corrected chi connectivity index (χ3v) is 5.45. The van der Waals surface area contributed by atoms with Gasteiger partial charge in [-0.1, -0.05) is 37.3 Å². The highest BCUT2D eigenvalue weighted by molar-refractivity contribution is 6.14. The Labute approximate surface area is 190 Å². The minimum absolute atomic E-state index is 0.00194. The molecule has 1 aromatic heterocycles. The molecular weight excluding hydrogens is 424 g/mol. The van der Waals surface area contributed by atoms with Crippen molar-refractivity contribution in [1.29, 1.82) is 0 Å². The lowest BCUT2D eigenvalue weighted by molar-refractivity contribution is -0.123. The van der Waals surface area contributed by atoms with Gasteiger partial charge in [0.2, 0.25) is 5.76 Å². The summed E-state index contributed by atoms with van der Waals surface area (Å²) in [7, 11) is 1.24. The molecule has 3 aromatic rings. The van der Waals surface area contributed by atoms with Crippen LogP contribution in [0.5, 0.6) is 5.75 Å². The molecule has 0 bridgehead atoms. The highest BCUT2D eigenvalue weighted by atomic mass is 16.5. The first-order valence-corrected chi connectivity index (χ1v) is 10.6. The van der Waals surface area contributed by atoms with E-state index in [-0.39, 0.29) is 29.9 Å². The fraction of sp³-hybridized carbons (Fsp3) is 0.240. The van der Waals surface area contributed by atoms with Gasteiger partial charge in [-0.25, -0.2) is 9.59 Å². The molecule has 8 nitrogen and oxygen atoms in total. The molecule has 1 aliphatic rings. The van der Waals surface area contributed by atoms with Crippen molar-refractivity contribution in [3.63, 3.8) is 0 Å². The fourth-order valence-electron chi connectivity index (χ4n) is 3.52. The Morgan fingerprint density at radius 1 is 1.15 bits per heavy atom. The molecule has 4 rings (SSSR count). The van der Waals surface area contributed by atoms with E-state index >= 15 is 0 Å². The van der Waals surface area contributed by atoms with Crippen molar-refractivity contribution in [3.8, 4) is 5.75 Å². The average molecular weight is 448 g/mol. The van der Waals surface area contributed by atoms with Gasteiger partial charge in [-0.15, -0.1) is 0 Å². The van der Waals surface area contributed by atoms with Gasteiger partial charge in [-0.2, -0.15) is 0 Å². The zero-order valence-corrected chi connectivity index (χ0v) is 18.6.